The van der Waals surface area contributed by atoms with E-state index in [0.717, 1.165) is 43.7 Å². The number of amides is 1. The molecule has 1 saturated heterocycles. The lowest BCUT2D eigenvalue weighted by Crippen LogP contribution is -2.19. The summed E-state index contributed by atoms with van der Waals surface area (Å²) in [6.45, 7) is 9.99. The first-order chi connectivity index (χ1) is 12.0. The van der Waals surface area contributed by atoms with Crippen LogP contribution in [0.4, 0.5) is 5.13 Å². The fraction of sp³-hybridized carbons (Fsp3) is 0.579. The maximum absolute atomic E-state index is 12.0. The van der Waals surface area contributed by atoms with Crippen LogP contribution in [-0.2, 0) is 16.1 Å². The normalized spacial score (nSPS) is 18.5. The fourth-order valence-electron chi connectivity index (χ4n) is 3.20. The predicted molar refractivity (Wildman–Crippen MR) is 102 cm³/mol. The van der Waals surface area contributed by atoms with E-state index in [-0.39, 0.29) is 11.8 Å². The molecule has 0 saturated carbocycles. The summed E-state index contributed by atoms with van der Waals surface area (Å²) >= 11 is 1.48. The number of carbonyl (C=O) groups excluding carboxylic acids is 1. The number of thiazole rings is 1. The van der Waals surface area contributed by atoms with Crippen LogP contribution in [0.1, 0.15) is 44.5 Å². The standard InChI is InChI=1S/C19H27N3O2S/c1-5-12(2)18(23)21-19-20-17(11-25-19)16-9-13(3)22(14(16)4)10-15-7-6-8-24-15/h9,11-12,15H,5-8,10H2,1-4H3,(H,20,21,23)/t12-,15+/m1/s1. The van der Waals surface area contributed by atoms with Crippen LogP contribution in [0.25, 0.3) is 11.3 Å². The number of anilines is 1. The van der Waals surface area contributed by atoms with Crippen LogP contribution in [0.2, 0.25) is 0 Å². The molecule has 3 rings (SSSR count). The number of hydrogen-bond acceptors (Lipinski definition) is 4. The quantitative estimate of drug-likeness (QED) is 0.830. The molecule has 25 heavy (non-hydrogen) atoms. The van der Waals surface area contributed by atoms with Gasteiger partial charge in [0.05, 0.1) is 11.8 Å². The number of aryl methyl sites for hydroxylation is 1. The number of ether oxygens (including phenoxy) is 1. The molecule has 1 aliphatic heterocycles. The fourth-order valence-corrected chi connectivity index (χ4v) is 3.92. The van der Waals surface area contributed by atoms with E-state index in [1.165, 1.54) is 22.7 Å². The van der Waals surface area contributed by atoms with E-state index in [1.54, 1.807) is 0 Å². The lowest BCUT2D eigenvalue weighted by molar-refractivity contribution is -0.119. The van der Waals surface area contributed by atoms with E-state index >= 15 is 0 Å². The van der Waals surface area contributed by atoms with Gasteiger partial charge in [-0.3, -0.25) is 4.79 Å². The van der Waals surface area contributed by atoms with Crippen molar-refractivity contribution < 1.29 is 9.53 Å². The van der Waals surface area contributed by atoms with Gasteiger partial charge in [-0.1, -0.05) is 13.8 Å². The molecule has 1 N–H and O–H groups in total. The molecule has 3 heterocycles. The second kappa shape index (κ2) is 7.70. The minimum atomic E-state index is 0.00354. The van der Waals surface area contributed by atoms with Gasteiger partial charge in [0.1, 0.15) is 0 Å². The number of nitrogens with one attached hydrogen (secondary N) is 1. The molecule has 0 spiro atoms. The molecule has 0 unspecified atom stereocenters. The number of hydrogen-bond donors (Lipinski definition) is 1. The van der Waals surface area contributed by atoms with E-state index < -0.39 is 0 Å². The van der Waals surface area contributed by atoms with Crippen molar-refractivity contribution in [2.24, 2.45) is 5.92 Å². The number of nitrogens with zero attached hydrogens (tertiary/aromatic N) is 2. The van der Waals surface area contributed by atoms with Gasteiger partial charge in [0.2, 0.25) is 5.91 Å². The SMILES string of the molecule is CC[C@@H](C)C(=O)Nc1nc(-c2cc(C)n(C[C@@H]3CCCO3)c2C)cs1. The zero-order chi connectivity index (χ0) is 18.0. The summed E-state index contributed by atoms with van der Waals surface area (Å²) in [7, 11) is 0. The summed E-state index contributed by atoms with van der Waals surface area (Å²) in [5, 5.41) is 5.61. The molecule has 136 valence electrons. The zero-order valence-electron chi connectivity index (χ0n) is 15.5. The molecule has 1 aliphatic rings. The van der Waals surface area contributed by atoms with E-state index in [2.05, 4.69) is 34.8 Å². The Labute approximate surface area is 153 Å². The summed E-state index contributed by atoms with van der Waals surface area (Å²) < 4.78 is 8.10. The minimum Gasteiger partial charge on any atom is -0.376 e. The van der Waals surface area contributed by atoms with Crippen LogP contribution in [0, 0.1) is 19.8 Å². The Morgan fingerprint density at radius 2 is 2.32 bits per heavy atom. The van der Waals surface area contributed by atoms with Crippen molar-refractivity contribution in [1.29, 1.82) is 0 Å². The van der Waals surface area contributed by atoms with Crippen LogP contribution in [0.5, 0.6) is 0 Å². The first-order valence-electron chi connectivity index (χ1n) is 9.04. The molecular weight excluding hydrogens is 334 g/mol. The van der Waals surface area contributed by atoms with Crippen LogP contribution in [-0.4, -0.2) is 28.2 Å². The van der Waals surface area contributed by atoms with Crippen molar-refractivity contribution in [3.8, 4) is 11.3 Å². The van der Waals surface area contributed by atoms with Crippen molar-refractivity contribution in [3.63, 3.8) is 0 Å². The van der Waals surface area contributed by atoms with Gasteiger partial charge in [0, 0.05) is 41.4 Å². The Morgan fingerprint density at radius 1 is 1.52 bits per heavy atom. The van der Waals surface area contributed by atoms with Gasteiger partial charge in [-0.15, -0.1) is 11.3 Å². The van der Waals surface area contributed by atoms with E-state index in [1.807, 2.05) is 19.2 Å². The maximum Gasteiger partial charge on any atom is 0.228 e. The van der Waals surface area contributed by atoms with Crippen LogP contribution in [0.3, 0.4) is 0 Å². The van der Waals surface area contributed by atoms with Crippen molar-refractivity contribution in [2.45, 2.75) is 59.6 Å². The number of carbonyl (C=O) groups is 1. The van der Waals surface area contributed by atoms with Gasteiger partial charge in [0.15, 0.2) is 5.13 Å². The van der Waals surface area contributed by atoms with Crippen molar-refractivity contribution in [3.05, 3.63) is 22.8 Å². The van der Waals surface area contributed by atoms with E-state index in [4.69, 9.17) is 4.74 Å². The number of aromatic nitrogens is 2. The third-order valence-corrected chi connectivity index (χ3v) is 5.81. The number of rotatable bonds is 6. The second-order valence-electron chi connectivity index (χ2n) is 6.87. The maximum atomic E-state index is 12.0. The highest BCUT2D eigenvalue weighted by molar-refractivity contribution is 7.14. The Balaban J connectivity index is 1.77. The van der Waals surface area contributed by atoms with Gasteiger partial charge >= 0.3 is 0 Å². The van der Waals surface area contributed by atoms with Crippen LogP contribution >= 0.6 is 11.3 Å². The Morgan fingerprint density at radius 3 is 3.00 bits per heavy atom. The first kappa shape index (κ1) is 18.1. The molecule has 2 aromatic rings. The average Bonchev–Trinajstić information content (AvgIpc) is 3.32. The highest BCUT2D eigenvalue weighted by Crippen LogP contribution is 2.31. The molecule has 0 radical (unpaired) electrons. The van der Waals surface area contributed by atoms with Crippen LogP contribution < -0.4 is 5.32 Å². The lowest BCUT2D eigenvalue weighted by Gasteiger charge is -2.14. The third-order valence-electron chi connectivity index (χ3n) is 5.05. The molecule has 0 aliphatic carbocycles. The van der Waals surface area contributed by atoms with E-state index in [9.17, 15) is 4.79 Å². The Kier molecular flexibility index (Phi) is 5.59. The van der Waals surface area contributed by atoms with Gasteiger partial charge in [-0.2, -0.15) is 0 Å². The smallest absolute Gasteiger partial charge is 0.228 e. The highest BCUT2D eigenvalue weighted by Gasteiger charge is 2.20. The molecule has 1 amide bonds. The molecule has 5 nitrogen and oxygen atoms in total. The summed E-state index contributed by atoms with van der Waals surface area (Å²) in [6.07, 6.45) is 3.43. The molecule has 1 fully saturated rings. The average molecular weight is 362 g/mol. The van der Waals surface area contributed by atoms with Gasteiger partial charge < -0.3 is 14.6 Å². The Bertz CT molecular complexity index is 744. The minimum absolute atomic E-state index is 0.00354. The third kappa shape index (κ3) is 3.96. The van der Waals surface area contributed by atoms with Crippen molar-refractivity contribution >= 4 is 22.4 Å². The molecule has 2 aromatic heterocycles. The van der Waals surface area contributed by atoms with Crippen LogP contribution in [0.15, 0.2) is 11.4 Å². The molecule has 0 bridgehead atoms. The van der Waals surface area contributed by atoms with Gasteiger partial charge in [-0.25, -0.2) is 4.98 Å². The van der Waals surface area contributed by atoms with Crippen molar-refractivity contribution in [2.75, 3.05) is 11.9 Å². The highest BCUT2D eigenvalue weighted by atomic mass is 32.1. The molecular formula is C19H27N3O2S. The van der Waals surface area contributed by atoms with E-state index in [0.29, 0.717) is 11.2 Å². The predicted octanol–water partition coefficient (Wildman–Crippen LogP) is 4.39. The summed E-state index contributed by atoms with van der Waals surface area (Å²) in [5.41, 5.74) is 4.49. The largest absolute Gasteiger partial charge is 0.376 e. The van der Waals surface area contributed by atoms with Gasteiger partial charge in [0.25, 0.3) is 0 Å². The first-order valence-corrected chi connectivity index (χ1v) is 9.92. The summed E-state index contributed by atoms with van der Waals surface area (Å²) in [4.78, 5) is 16.7. The summed E-state index contributed by atoms with van der Waals surface area (Å²) in [6, 6.07) is 2.18. The topological polar surface area (TPSA) is 56.2 Å². The molecule has 6 heteroatoms. The molecule has 0 aromatic carbocycles. The molecule has 2 atom stereocenters. The Hall–Kier alpha value is -1.66. The lowest BCUT2D eigenvalue weighted by atomic mass is 10.1. The van der Waals surface area contributed by atoms with Gasteiger partial charge in [-0.05, 0) is 39.2 Å². The van der Waals surface area contributed by atoms with Crippen molar-refractivity contribution in [1.82, 2.24) is 9.55 Å². The second-order valence-corrected chi connectivity index (χ2v) is 7.72. The monoisotopic (exact) mass is 361 g/mol. The zero-order valence-corrected chi connectivity index (χ0v) is 16.3. The summed E-state index contributed by atoms with van der Waals surface area (Å²) in [5.74, 6) is 0.0380.